The van der Waals surface area contributed by atoms with Crippen molar-refractivity contribution >= 4 is 17.9 Å². The molecule has 1 saturated heterocycles. The van der Waals surface area contributed by atoms with Crippen LogP contribution < -0.4 is 5.32 Å². The van der Waals surface area contributed by atoms with Crippen molar-refractivity contribution in [2.45, 2.75) is 71.6 Å². The van der Waals surface area contributed by atoms with Gasteiger partial charge in [-0.1, -0.05) is 62.2 Å². The van der Waals surface area contributed by atoms with Gasteiger partial charge in [-0.3, -0.25) is 9.59 Å². The van der Waals surface area contributed by atoms with Gasteiger partial charge in [0.15, 0.2) is 5.76 Å². The van der Waals surface area contributed by atoms with Crippen molar-refractivity contribution in [3.05, 3.63) is 76.5 Å². The van der Waals surface area contributed by atoms with Gasteiger partial charge in [-0.2, -0.15) is 0 Å². The van der Waals surface area contributed by atoms with Crippen LogP contribution in [0.25, 0.3) is 6.08 Å². The first-order valence-corrected chi connectivity index (χ1v) is 12.5. The Morgan fingerprint density at radius 1 is 1.15 bits per heavy atom. The second-order valence-corrected chi connectivity index (χ2v) is 10.00. The molecule has 0 aromatic heterocycles. The van der Waals surface area contributed by atoms with Gasteiger partial charge < -0.3 is 15.0 Å². The molecule has 2 atom stereocenters. The quantitative estimate of drug-likeness (QED) is 0.557. The molecule has 5 nitrogen and oxygen atoms in total. The molecule has 34 heavy (non-hydrogen) atoms. The van der Waals surface area contributed by atoms with E-state index < -0.39 is 0 Å². The van der Waals surface area contributed by atoms with Crippen LogP contribution in [0, 0.1) is 12.8 Å². The highest BCUT2D eigenvalue weighted by Gasteiger charge is 2.41. The minimum absolute atomic E-state index is 0.0357. The molecule has 1 N–H and O–H groups in total. The van der Waals surface area contributed by atoms with Crippen LogP contribution in [-0.4, -0.2) is 35.4 Å². The molecule has 2 aromatic carbocycles. The lowest BCUT2D eigenvalue weighted by Crippen LogP contribution is -2.54. The first kappa shape index (κ1) is 24.1. The predicted octanol–water partition coefficient (Wildman–Crippen LogP) is 5.48. The molecule has 1 heterocycles. The van der Waals surface area contributed by atoms with Gasteiger partial charge in [0.1, 0.15) is 6.10 Å². The number of morpholine rings is 1. The number of hydrogen-bond donors (Lipinski definition) is 1. The zero-order chi connectivity index (χ0) is 24.1. The van der Waals surface area contributed by atoms with E-state index in [9.17, 15) is 9.59 Å². The van der Waals surface area contributed by atoms with Crippen LogP contribution in [-0.2, 0) is 16.1 Å². The fourth-order valence-electron chi connectivity index (χ4n) is 4.83. The van der Waals surface area contributed by atoms with Gasteiger partial charge >= 0.3 is 0 Å². The lowest BCUT2D eigenvalue weighted by molar-refractivity contribution is -0.149. The third-order valence-electron chi connectivity index (χ3n) is 6.73. The molecule has 2 fully saturated rings. The Bertz CT molecular complexity index is 1040. The maximum Gasteiger partial charge on any atom is 0.289 e. The lowest BCUT2D eigenvalue weighted by Gasteiger charge is -2.44. The first-order valence-electron chi connectivity index (χ1n) is 12.5. The highest BCUT2D eigenvalue weighted by atomic mass is 16.5. The Kier molecular flexibility index (Phi) is 7.71. The topological polar surface area (TPSA) is 58.6 Å². The molecule has 2 aliphatic rings. The maximum atomic E-state index is 13.5. The van der Waals surface area contributed by atoms with Gasteiger partial charge in [-0.15, -0.1) is 0 Å². The van der Waals surface area contributed by atoms with E-state index in [0.29, 0.717) is 30.3 Å². The predicted molar refractivity (Wildman–Crippen MR) is 135 cm³/mol. The van der Waals surface area contributed by atoms with Gasteiger partial charge in [0.2, 0.25) is 0 Å². The molecular formula is C29H36N2O3. The summed E-state index contributed by atoms with van der Waals surface area (Å²) in [4.78, 5) is 27.9. The molecule has 1 aliphatic carbocycles. The van der Waals surface area contributed by atoms with Crippen molar-refractivity contribution in [1.82, 2.24) is 10.2 Å². The van der Waals surface area contributed by atoms with Gasteiger partial charge in [0.25, 0.3) is 11.8 Å². The summed E-state index contributed by atoms with van der Waals surface area (Å²) < 4.78 is 6.24. The summed E-state index contributed by atoms with van der Waals surface area (Å²) in [5.41, 5.74) is 3.82. The van der Waals surface area contributed by atoms with Crippen molar-refractivity contribution in [3.63, 3.8) is 0 Å². The normalized spacial score (nSPS) is 21.4. The van der Waals surface area contributed by atoms with E-state index in [4.69, 9.17) is 4.74 Å². The summed E-state index contributed by atoms with van der Waals surface area (Å²) in [5.74, 6) is 0.820. The Morgan fingerprint density at radius 3 is 2.65 bits per heavy atom. The average Bonchev–Trinajstić information content (AvgIpc) is 2.82. The average molecular weight is 461 g/mol. The molecule has 1 aliphatic heterocycles. The zero-order valence-corrected chi connectivity index (χ0v) is 20.5. The number of benzene rings is 2. The summed E-state index contributed by atoms with van der Waals surface area (Å²) in [6.45, 7) is 7.62. The Balaban J connectivity index is 1.50. The van der Waals surface area contributed by atoms with Crippen molar-refractivity contribution in [2.24, 2.45) is 5.92 Å². The van der Waals surface area contributed by atoms with Crippen LogP contribution in [0.15, 0.2) is 54.3 Å². The lowest BCUT2D eigenvalue weighted by atomic mass is 9.89. The fourth-order valence-corrected chi connectivity index (χ4v) is 4.83. The maximum absolute atomic E-state index is 13.5. The number of nitrogens with zero attached hydrogens (tertiary/aromatic N) is 1. The van der Waals surface area contributed by atoms with Crippen LogP contribution in [0.3, 0.4) is 0 Å². The van der Waals surface area contributed by atoms with E-state index in [1.807, 2.05) is 29.2 Å². The van der Waals surface area contributed by atoms with E-state index >= 15 is 0 Å². The molecule has 1 saturated carbocycles. The van der Waals surface area contributed by atoms with E-state index in [1.165, 1.54) is 5.56 Å². The van der Waals surface area contributed by atoms with E-state index in [0.717, 1.165) is 43.2 Å². The molecule has 180 valence electrons. The summed E-state index contributed by atoms with van der Waals surface area (Å²) in [5, 5.41) is 2.96. The molecule has 2 amide bonds. The zero-order valence-electron chi connectivity index (χ0n) is 20.5. The number of fused-ring (bicyclic) bond motifs is 1. The number of rotatable bonds is 7. The SMILES string of the molecule is Cc1cccc(CN2C(=O)/C(=C\c3ccc(C(=O)NCCC(C)C)cc3)OC3CCCCC32)c1. The number of hydrogen-bond acceptors (Lipinski definition) is 3. The van der Waals surface area contributed by atoms with Gasteiger partial charge in [-0.05, 0) is 67.9 Å². The van der Waals surface area contributed by atoms with Crippen LogP contribution in [0.5, 0.6) is 0 Å². The number of ether oxygens (including phenoxy) is 1. The summed E-state index contributed by atoms with van der Waals surface area (Å²) in [6, 6.07) is 15.8. The third kappa shape index (κ3) is 5.88. The van der Waals surface area contributed by atoms with Crippen molar-refractivity contribution in [1.29, 1.82) is 0 Å². The van der Waals surface area contributed by atoms with Crippen LogP contribution in [0.1, 0.15) is 73.0 Å². The molecule has 2 unspecified atom stereocenters. The standard InChI is InChI=1S/C29H36N2O3/c1-20(2)15-16-30-28(32)24-13-11-22(12-14-24)18-27-29(33)31(19-23-8-6-7-21(3)17-23)25-9-4-5-10-26(25)34-27/h6-8,11-14,17-18,20,25-26H,4-5,9-10,15-16,19H2,1-3H3,(H,30,32)/b27-18+. The number of carbonyl (C=O) groups is 2. The van der Waals surface area contributed by atoms with E-state index in [1.54, 1.807) is 12.1 Å². The minimum atomic E-state index is -0.0702. The Hall–Kier alpha value is -3.08. The molecule has 0 radical (unpaired) electrons. The van der Waals surface area contributed by atoms with Crippen LogP contribution >= 0.6 is 0 Å². The summed E-state index contributed by atoms with van der Waals surface area (Å²) in [6.07, 6.45) is 7.01. The smallest absolute Gasteiger partial charge is 0.289 e. The number of carbonyl (C=O) groups excluding carboxylic acids is 2. The van der Waals surface area contributed by atoms with Crippen molar-refractivity contribution in [3.8, 4) is 0 Å². The second kappa shape index (κ2) is 10.9. The number of amides is 2. The molecular weight excluding hydrogens is 424 g/mol. The first-order chi connectivity index (χ1) is 16.4. The monoisotopic (exact) mass is 460 g/mol. The van der Waals surface area contributed by atoms with Crippen molar-refractivity contribution in [2.75, 3.05) is 6.54 Å². The number of aryl methyl sites for hydroxylation is 1. The minimum Gasteiger partial charge on any atom is -0.482 e. The molecule has 0 bridgehead atoms. The molecule has 4 rings (SSSR count). The number of nitrogens with one attached hydrogen (secondary N) is 1. The largest absolute Gasteiger partial charge is 0.482 e. The summed E-state index contributed by atoms with van der Waals surface area (Å²) in [7, 11) is 0. The highest BCUT2D eigenvalue weighted by Crippen LogP contribution is 2.34. The van der Waals surface area contributed by atoms with Crippen LogP contribution in [0.2, 0.25) is 0 Å². The Morgan fingerprint density at radius 2 is 1.91 bits per heavy atom. The molecule has 2 aromatic rings. The Labute approximate surface area is 203 Å². The molecule has 5 heteroatoms. The highest BCUT2D eigenvalue weighted by molar-refractivity contribution is 5.97. The van der Waals surface area contributed by atoms with Crippen LogP contribution in [0.4, 0.5) is 0 Å². The third-order valence-corrected chi connectivity index (χ3v) is 6.73. The van der Waals surface area contributed by atoms with Gasteiger partial charge in [0.05, 0.1) is 6.04 Å². The summed E-state index contributed by atoms with van der Waals surface area (Å²) >= 11 is 0. The van der Waals surface area contributed by atoms with Gasteiger partial charge in [0, 0.05) is 18.7 Å². The van der Waals surface area contributed by atoms with Crippen molar-refractivity contribution < 1.29 is 14.3 Å². The second-order valence-electron chi connectivity index (χ2n) is 10.00. The fraction of sp³-hybridized carbons (Fsp3) is 0.448. The molecule has 0 spiro atoms. The van der Waals surface area contributed by atoms with E-state index in [-0.39, 0.29) is 24.0 Å². The van der Waals surface area contributed by atoms with Gasteiger partial charge in [-0.25, -0.2) is 0 Å². The van der Waals surface area contributed by atoms with E-state index in [2.05, 4.69) is 44.3 Å².